The number of halogens is 1. The highest BCUT2D eigenvalue weighted by atomic mass is 19.1. The lowest BCUT2D eigenvalue weighted by Gasteiger charge is -2.29. The first-order chi connectivity index (χ1) is 18.4. The van der Waals surface area contributed by atoms with Crippen LogP contribution in [-0.4, -0.2) is 48.7 Å². The Morgan fingerprint density at radius 3 is 2.63 bits per heavy atom. The molecule has 0 spiro atoms. The number of aryl methyl sites for hydroxylation is 1. The molecule has 8 nitrogen and oxygen atoms in total. The number of hydrogen-bond acceptors (Lipinski definition) is 8. The number of nitrogens with zero attached hydrogens (tertiary/aromatic N) is 1. The van der Waals surface area contributed by atoms with E-state index < -0.39 is 30.3 Å². The second-order valence-corrected chi connectivity index (χ2v) is 9.28. The van der Waals surface area contributed by atoms with Crippen LogP contribution in [0.25, 0.3) is 11.1 Å². The van der Waals surface area contributed by atoms with E-state index in [2.05, 4.69) is 15.6 Å². The molecule has 1 saturated heterocycles. The first kappa shape index (κ1) is 25.4. The Balaban J connectivity index is 1.51. The maximum Gasteiger partial charge on any atom is 0.337 e. The van der Waals surface area contributed by atoms with Gasteiger partial charge in [-0.25, -0.2) is 14.2 Å². The number of esters is 1. The second-order valence-electron chi connectivity index (χ2n) is 9.28. The Bertz CT molecular complexity index is 1440. The first-order valence-corrected chi connectivity index (χ1v) is 12.3. The van der Waals surface area contributed by atoms with Crippen LogP contribution in [-0.2, 0) is 9.53 Å². The fourth-order valence-corrected chi connectivity index (χ4v) is 4.65. The van der Waals surface area contributed by atoms with Crippen LogP contribution in [0, 0.1) is 6.92 Å². The topological polar surface area (TPSA) is 103 Å². The van der Waals surface area contributed by atoms with E-state index in [1.54, 1.807) is 36.4 Å². The summed E-state index contributed by atoms with van der Waals surface area (Å²) in [4.78, 5) is 30.4. The van der Waals surface area contributed by atoms with Gasteiger partial charge < -0.3 is 24.5 Å². The van der Waals surface area contributed by atoms with Crippen molar-refractivity contribution in [3.63, 3.8) is 0 Å². The standard InChI is InChI=1S/C29H28FN3O5/c1-17-5-3-4-6-22(17)33-26(19-9-12-25-23(13-19)32-16-37-25)27(34)28(24-14-20(30)15-31-24)38-21-10-7-18(8-11-21)29(35)36-2/h3-13,16,20,24,26,28,31,33H,14-15H2,1-2H3/t20-,24-,26?,28?/m0/s1. The maximum absolute atomic E-state index is 14.3. The van der Waals surface area contributed by atoms with Gasteiger partial charge >= 0.3 is 5.97 Å². The molecule has 0 radical (unpaired) electrons. The zero-order valence-electron chi connectivity index (χ0n) is 21.0. The summed E-state index contributed by atoms with van der Waals surface area (Å²) in [6.45, 7) is 2.09. The van der Waals surface area contributed by atoms with Crippen molar-refractivity contribution in [1.29, 1.82) is 0 Å². The number of methoxy groups -OCH3 is 1. The molecule has 196 valence electrons. The van der Waals surface area contributed by atoms with Gasteiger partial charge in [0.15, 0.2) is 18.1 Å². The minimum atomic E-state index is -1.09. The number of carbonyl (C=O) groups is 2. The van der Waals surface area contributed by atoms with Crippen LogP contribution >= 0.6 is 0 Å². The monoisotopic (exact) mass is 517 g/mol. The molecular formula is C29H28FN3O5. The predicted molar refractivity (Wildman–Crippen MR) is 140 cm³/mol. The maximum atomic E-state index is 14.3. The van der Waals surface area contributed by atoms with Crippen molar-refractivity contribution in [2.75, 3.05) is 19.0 Å². The fourth-order valence-electron chi connectivity index (χ4n) is 4.65. The van der Waals surface area contributed by atoms with Crippen molar-refractivity contribution in [3.05, 3.63) is 89.8 Å². The largest absolute Gasteiger partial charge is 0.481 e. The van der Waals surface area contributed by atoms with Crippen molar-refractivity contribution in [3.8, 4) is 5.75 Å². The van der Waals surface area contributed by atoms with Gasteiger partial charge in [-0.05, 0) is 66.9 Å². The highest BCUT2D eigenvalue weighted by Crippen LogP contribution is 2.30. The van der Waals surface area contributed by atoms with Gasteiger partial charge in [0.1, 0.15) is 23.5 Å². The summed E-state index contributed by atoms with van der Waals surface area (Å²) in [6, 6.07) is 18.0. The Labute approximate surface area is 219 Å². The smallest absolute Gasteiger partial charge is 0.337 e. The van der Waals surface area contributed by atoms with Crippen LogP contribution in [0.2, 0.25) is 0 Å². The normalized spacial score (nSPS) is 18.6. The van der Waals surface area contributed by atoms with E-state index in [0.717, 1.165) is 11.3 Å². The van der Waals surface area contributed by atoms with Gasteiger partial charge in [-0.2, -0.15) is 0 Å². The molecule has 1 aromatic heterocycles. The number of benzene rings is 3. The Morgan fingerprint density at radius 1 is 1.13 bits per heavy atom. The van der Waals surface area contributed by atoms with Crippen molar-refractivity contribution < 1.29 is 27.9 Å². The average molecular weight is 518 g/mol. The summed E-state index contributed by atoms with van der Waals surface area (Å²) < 4.78 is 30.6. The number of anilines is 1. The molecule has 0 amide bonds. The second kappa shape index (κ2) is 11.0. The molecule has 2 unspecified atom stereocenters. The summed E-state index contributed by atoms with van der Waals surface area (Å²) >= 11 is 0. The molecule has 5 rings (SSSR count). The number of oxazole rings is 1. The fraction of sp³-hybridized carbons (Fsp3) is 0.276. The number of rotatable bonds is 9. The van der Waals surface area contributed by atoms with E-state index in [4.69, 9.17) is 13.9 Å². The number of ketones is 1. The molecule has 4 aromatic rings. The van der Waals surface area contributed by atoms with Crippen LogP contribution < -0.4 is 15.4 Å². The van der Waals surface area contributed by atoms with Crippen LogP contribution in [0.1, 0.15) is 33.9 Å². The molecule has 3 aromatic carbocycles. The molecule has 38 heavy (non-hydrogen) atoms. The number of aromatic nitrogens is 1. The van der Waals surface area contributed by atoms with Gasteiger partial charge in [0.2, 0.25) is 5.78 Å². The van der Waals surface area contributed by atoms with Gasteiger partial charge in [-0.3, -0.25) is 4.79 Å². The Morgan fingerprint density at radius 2 is 1.92 bits per heavy atom. The summed E-state index contributed by atoms with van der Waals surface area (Å²) in [5, 5.41) is 6.49. The highest BCUT2D eigenvalue weighted by molar-refractivity contribution is 5.94. The van der Waals surface area contributed by atoms with Crippen LogP contribution in [0.3, 0.4) is 0 Å². The number of hydrogen-bond donors (Lipinski definition) is 2. The van der Waals surface area contributed by atoms with E-state index in [1.165, 1.54) is 13.5 Å². The molecule has 2 N–H and O–H groups in total. The molecule has 1 aliphatic rings. The Hall–Kier alpha value is -4.24. The van der Waals surface area contributed by atoms with E-state index in [-0.39, 0.29) is 18.7 Å². The third kappa shape index (κ3) is 5.38. The number of Topliss-reactive ketones (excluding diaryl/α,β-unsaturated/α-hetero) is 1. The number of ether oxygens (including phenoxy) is 2. The summed E-state index contributed by atoms with van der Waals surface area (Å²) in [5.74, 6) is -0.380. The molecule has 0 bridgehead atoms. The molecule has 1 fully saturated rings. The SMILES string of the molecule is COC(=O)c1ccc(OC(C(=O)C(Nc2ccccc2C)c2ccc3ocnc3c2)[C@@H]2C[C@H](F)CN2)cc1. The van der Waals surface area contributed by atoms with Crippen LogP contribution in [0.5, 0.6) is 5.75 Å². The van der Waals surface area contributed by atoms with Gasteiger partial charge in [-0.15, -0.1) is 0 Å². The van der Waals surface area contributed by atoms with Crippen molar-refractivity contribution >= 4 is 28.5 Å². The minimum absolute atomic E-state index is 0.135. The lowest BCUT2D eigenvalue weighted by atomic mass is 9.93. The third-order valence-corrected chi connectivity index (χ3v) is 6.71. The van der Waals surface area contributed by atoms with Crippen LogP contribution in [0.4, 0.5) is 10.1 Å². The summed E-state index contributed by atoms with van der Waals surface area (Å²) in [6.07, 6.45) is -0.617. The van der Waals surface area contributed by atoms with Crippen molar-refractivity contribution in [2.24, 2.45) is 0 Å². The number of nitrogens with one attached hydrogen (secondary N) is 2. The highest BCUT2D eigenvalue weighted by Gasteiger charge is 2.40. The number of para-hydroxylation sites is 1. The van der Waals surface area contributed by atoms with Gasteiger partial charge in [0.05, 0.1) is 18.7 Å². The van der Waals surface area contributed by atoms with Crippen molar-refractivity contribution in [2.45, 2.75) is 37.7 Å². The average Bonchev–Trinajstić information content (AvgIpc) is 3.59. The quantitative estimate of drug-likeness (QED) is 0.306. The zero-order valence-corrected chi connectivity index (χ0v) is 21.0. The van der Waals surface area contributed by atoms with Gasteiger partial charge in [0.25, 0.3) is 0 Å². The van der Waals surface area contributed by atoms with Crippen LogP contribution in [0.15, 0.2) is 77.5 Å². The lowest BCUT2D eigenvalue weighted by molar-refractivity contribution is -0.127. The molecule has 0 saturated carbocycles. The predicted octanol–water partition coefficient (Wildman–Crippen LogP) is 4.79. The number of alkyl halides is 1. The molecule has 2 heterocycles. The summed E-state index contributed by atoms with van der Waals surface area (Å²) in [5.41, 5.74) is 3.99. The van der Waals surface area contributed by atoms with E-state index >= 15 is 0 Å². The number of carbonyl (C=O) groups excluding carboxylic acids is 2. The molecule has 9 heteroatoms. The zero-order chi connectivity index (χ0) is 26.6. The third-order valence-electron chi connectivity index (χ3n) is 6.71. The molecule has 0 aliphatic carbocycles. The number of fused-ring (bicyclic) bond motifs is 1. The van der Waals surface area contributed by atoms with E-state index in [9.17, 15) is 14.0 Å². The van der Waals surface area contributed by atoms with Crippen molar-refractivity contribution in [1.82, 2.24) is 10.3 Å². The summed E-state index contributed by atoms with van der Waals surface area (Å²) in [7, 11) is 1.30. The molecular weight excluding hydrogens is 489 g/mol. The molecule has 1 aliphatic heterocycles. The molecule has 4 atom stereocenters. The van der Waals surface area contributed by atoms with E-state index in [0.29, 0.717) is 28.0 Å². The van der Waals surface area contributed by atoms with Gasteiger partial charge in [-0.1, -0.05) is 24.3 Å². The van der Waals surface area contributed by atoms with Gasteiger partial charge in [0, 0.05) is 12.2 Å². The Kier molecular flexibility index (Phi) is 7.37. The lowest BCUT2D eigenvalue weighted by Crippen LogP contribution is -2.47. The first-order valence-electron chi connectivity index (χ1n) is 12.3. The minimum Gasteiger partial charge on any atom is -0.481 e. The van der Waals surface area contributed by atoms with E-state index in [1.807, 2.05) is 37.3 Å².